The number of halogens is 1. The van der Waals surface area contributed by atoms with Gasteiger partial charge in [-0.1, -0.05) is 17.7 Å². The molecule has 13 heavy (non-hydrogen) atoms. The van der Waals surface area contributed by atoms with Crippen LogP contribution in [0, 0.1) is 13.8 Å². The number of pyridine rings is 1. The van der Waals surface area contributed by atoms with Crippen LogP contribution in [0.4, 0.5) is 0 Å². The van der Waals surface area contributed by atoms with Crippen LogP contribution in [-0.2, 0) is 0 Å². The van der Waals surface area contributed by atoms with Crippen molar-refractivity contribution in [2.75, 3.05) is 0 Å². The van der Waals surface area contributed by atoms with Gasteiger partial charge in [-0.25, -0.2) is 4.98 Å². The van der Waals surface area contributed by atoms with E-state index in [9.17, 15) is 0 Å². The fraction of sp³-hybridized carbons (Fsp3) is 0.182. The zero-order chi connectivity index (χ0) is 9.42. The Labute approximate surface area is 82.4 Å². The molecule has 0 unspecified atom stereocenters. The molecule has 66 valence electrons. The maximum absolute atomic E-state index is 5.81. The first-order valence-corrected chi connectivity index (χ1v) is 4.58. The molecular formula is C11H10ClN. The van der Waals surface area contributed by atoms with Crippen LogP contribution < -0.4 is 0 Å². The largest absolute Gasteiger partial charge is 0.236 e. The van der Waals surface area contributed by atoms with Gasteiger partial charge in [0.1, 0.15) is 5.15 Å². The third-order valence-electron chi connectivity index (χ3n) is 2.12. The van der Waals surface area contributed by atoms with E-state index in [-0.39, 0.29) is 0 Å². The molecular weight excluding hydrogens is 182 g/mol. The van der Waals surface area contributed by atoms with Crippen molar-refractivity contribution in [1.82, 2.24) is 4.98 Å². The predicted octanol–water partition coefficient (Wildman–Crippen LogP) is 3.51. The highest BCUT2D eigenvalue weighted by Crippen LogP contribution is 2.20. The molecule has 1 aromatic carbocycles. The zero-order valence-corrected chi connectivity index (χ0v) is 8.39. The molecule has 1 aromatic heterocycles. The van der Waals surface area contributed by atoms with Gasteiger partial charge in [0.25, 0.3) is 0 Å². The minimum Gasteiger partial charge on any atom is -0.236 e. The molecule has 0 aliphatic rings. The average Bonchev–Trinajstić information content (AvgIpc) is 2.02. The van der Waals surface area contributed by atoms with E-state index in [1.54, 1.807) is 0 Å². The molecule has 2 aromatic rings. The van der Waals surface area contributed by atoms with Crippen molar-refractivity contribution in [3.8, 4) is 0 Å². The van der Waals surface area contributed by atoms with Crippen LogP contribution >= 0.6 is 11.6 Å². The smallest absolute Gasteiger partial charge is 0.129 e. The third-order valence-corrected chi connectivity index (χ3v) is 2.33. The SMILES string of the molecule is Cc1cc(C)c2ccc(Cl)nc2c1. The molecule has 2 rings (SSSR count). The van der Waals surface area contributed by atoms with E-state index >= 15 is 0 Å². The van der Waals surface area contributed by atoms with Crippen molar-refractivity contribution in [3.05, 3.63) is 40.5 Å². The van der Waals surface area contributed by atoms with Crippen LogP contribution in [0.15, 0.2) is 24.3 Å². The molecule has 0 spiro atoms. The first-order valence-electron chi connectivity index (χ1n) is 4.20. The van der Waals surface area contributed by atoms with Crippen LogP contribution in [0.3, 0.4) is 0 Å². The van der Waals surface area contributed by atoms with Gasteiger partial charge in [0.15, 0.2) is 0 Å². The summed E-state index contributed by atoms with van der Waals surface area (Å²) in [5, 5.41) is 1.73. The Balaban J connectivity index is 2.86. The lowest BCUT2D eigenvalue weighted by atomic mass is 10.1. The van der Waals surface area contributed by atoms with E-state index in [0.29, 0.717) is 5.15 Å². The second kappa shape index (κ2) is 3.00. The summed E-state index contributed by atoms with van der Waals surface area (Å²) in [5.74, 6) is 0. The molecule has 0 aliphatic heterocycles. The summed E-state index contributed by atoms with van der Waals surface area (Å²) in [6.07, 6.45) is 0. The van der Waals surface area contributed by atoms with Crippen molar-refractivity contribution >= 4 is 22.5 Å². The average molecular weight is 192 g/mol. The van der Waals surface area contributed by atoms with E-state index < -0.39 is 0 Å². The molecule has 0 atom stereocenters. The normalized spacial score (nSPS) is 10.7. The van der Waals surface area contributed by atoms with Crippen LogP contribution in [0.5, 0.6) is 0 Å². The zero-order valence-electron chi connectivity index (χ0n) is 7.63. The van der Waals surface area contributed by atoms with E-state index in [1.807, 2.05) is 18.2 Å². The lowest BCUT2D eigenvalue weighted by molar-refractivity contribution is 1.36. The molecule has 0 saturated heterocycles. The molecule has 0 aliphatic carbocycles. The van der Waals surface area contributed by atoms with E-state index in [1.165, 1.54) is 16.5 Å². The number of rotatable bonds is 0. The first-order chi connectivity index (χ1) is 6.16. The van der Waals surface area contributed by atoms with Crippen molar-refractivity contribution in [3.63, 3.8) is 0 Å². The topological polar surface area (TPSA) is 12.9 Å². The van der Waals surface area contributed by atoms with Gasteiger partial charge in [-0.3, -0.25) is 0 Å². The van der Waals surface area contributed by atoms with E-state index in [0.717, 1.165) is 5.52 Å². The highest BCUT2D eigenvalue weighted by molar-refractivity contribution is 6.29. The minimum absolute atomic E-state index is 0.553. The standard InChI is InChI=1S/C11H10ClN/c1-7-5-8(2)9-3-4-11(12)13-10(9)6-7/h3-6H,1-2H3. The Morgan fingerprint density at radius 1 is 1.15 bits per heavy atom. The summed E-state index contributed by atoms with van der Waals surface area (Å²) >= 11 is 5.81. The molecule has 0 amide bonds. The summed E-state index contributed by atoms with van der Waals surface area (Å²) in [7, 11) is 0. The molecule has 2 heteroatoms. The van der Waals surface area contributed by atoms with Crippen LogP contribution in [0.25, 0.3) is 10.9 Å². The summed E-state index contributed by atoms with van der Waals surface area (Å²) in [4.78, 5) is 4.26. The fourth-order valence-electron chi connectivity index (χ4n) is 1.57. The van der Waals surface area contributed by atoms with Crippen molar-refractivity contribution in [2.24, 2.45) is 0 Å². The number of aromatic nitrogens is 1. The summed E-state index contributed by atoms with van der Waals surface area (Å²) in [5.41, 5.74) is 3.45. The highest BCUT2D eigenvalue weighted by atomic mass is 35.5. The lowest BCUT2D eigenvalue weighted by Crippen LogP contribution is -1.84. The number of hydrogen-bond donors (Lipinski definition) is 0. The Kier molecular flexibility index (Phi) is 1.97. The first kappa shape index (κ1) is 8.52. The van der Waals surface area contributed by atoms with Gasteiger partial charge < -0.3 is 0 Å². The van der Waals surface area contributed by atoms with Gasteiger partial charge in [-0.15, -0.1) is 0 Å². The van der Waals surface area contributed by atoms with Crippen molar-refractivity contribution < 1.29 is 0 Å². The number of benzene rings is 1. The van der Waals surface area contributed by atoms with Crippen molar-refractivity contribution in [2.45, 2.75) is 13.8 Å². The number of fused-ring (bicyclic) bond motifs is 1. The molecule has 0 fully saturated rings. The number of hydrogen-bond acceptors (Lipinski definition) is 1. The van der Waals surface area contributed by atoms with Gasteiger partial charge in [0.05, 0.1) is 5.52 Å². The molecule has 0 bridgehead atoms. The quantitative estimate of drug-likeness (QED) is 0.581. The Bertz CT molecular complexity index is 458. The predicted molar refractivity (Wildman–Crippen MR) is 56.2 cm³/mol. The van der Waals surface area contributed by atoms with E-state index in [2.05, 4.69) is 24.9 Å². The minimum atomic E-state index is 0.553. The second-order valence-electron chi connectivity index (χ2n) is 3.28. The summed E-state index contributed by atoms with van der Waals surface area (Å²) < 4.78 is 0. The fourth-order valence-corrected chi connectivity index (χ4v) is 1.72. The van der Waals surface area contributed by atoms with Gasteiger partial charge in [-0.05, 0) is 43.2 Å². The van der Waals surface area contributed by atoms with Crippen LogP contribution in [0.1, 0.15) is 11.1 Å². The van der Waals surface area contributed by atoms with Gasteiger partial charge in [-0.2, -0.15) is 0 Å². The molecule has 0 N–H and O–H groups in total. The Hall–Kier alpha value is -1.08. The third kappa shape index (κ3) is 1.52. The Morgan fingerprint density at radius 3 is 2.69 bits per heavy atom. The lowest BCUT2D eigenvalue weighted by Gasteiger charge is -2.03. The number of aryl methyl sites for hydroxylation is 2. The molecule has 0 saturated carbocycles. The highest BCUT2D eigenvalue weighted by Gasteiger charge is 2.00. The molecule has 1 nitrogen and oxygen atoms in total. The maximum Gasteiger partial charge on any atom is 0.129 e. The van der Waals surface area contributed by atoms with Gasteiger partial charge in [0, 0.05) is 5.39 Å². The summed E-state index contributed by atoms with van der Waals surface area (Å²) in [6.45, 7) is 4.15. The van der Waals surface area contributed by atoms with Crippen LogP contribution in [-0.4, -0.2) is 4.98 Å². The van der Waals surface area contributed by atoms with E-state index in [4.69, 9.17) is 11.6 Å². The monoisotopic (exact) mass is 191 g/mol. The summed E-state index contributed by atoms with van der Waals surface area (Å²) in [6, 6.07) is 8.04. The molecule has 1 heterocycles. The molecule has 0 radical (unpaired) electrons. The van der Waals surface area contributed by atoms with Crippen molar-refractivity contribution in [1.29, 1.82) is 0 Å². The van der Waals surface area contributed by atoms with Crippen LogP contribution in [0.2, 0.25) is 5.15 Å². The Morgan fingerprint density at radius 2 is 1.92 bits per heavy atom. The maximum atomic E-state index is 5.81. The number of nitrogens with zero attached hydrogens (tertiary/aromatic N) is 1. The van der Waals surface area contributed by atoms with Gasteiger partial charge in [0.2, 0.25) is 0 Å². The second-order valence-corrected chi connectivity index (χ2v) is 3.67. The van der Waals surface area contributed by atoms with Gasteiger partial charge >= 0.3 is 0 Å².